The van der Waals surface area contributed by atoms with Crippen molar-refractivity contribution in [3.63, 3.8) is 0 Å². The van der Waals surface area contributed by atoms with Crippen LogP contribution in [0.2, 0.25) is 0 Å². The molecule has 1 rings (SSSR count). The number of nitrogens with two attached hydrogens (primary N) is 1. The van der Waals surface area contributed by atoms with Crippen LogP contribution in [0.15, 0.2) is 24.3 Å². The third-order valence-corrected chi connectivity index (χ3v) is 2.27. The van der Waals surface area contributed by atoms with E-state index in [4.69, 9.17) is 5.73 Å². The van der Waals surface area contributed by atoms with Crippen LogP contribution < -0.4 is 5.73 Å². The molecule has 14 heavy (non-hydrogen) atoms. The van der Waals surface area contributed by atoms with Crippen molar-refractivity contribution in [1.82, 2.24) is 0 Å². The molecule has 0 aliphatic heterocycles. The van der Waals surface area contributed by atoms with E-state index in [9.17, 15) is 8.78 Å². The molecule has 0 heterocycles. The van der Waals surface area contributed by atoms with E-state index in [1.807, 2.05) is 13.8 Å². The second kappa shape index (κ2) is 4.51. The molecule has 2 N–H and O–H groups in total. The molecule has 0 aromatic heterocycles. The van der Waals surface area contributed by atoms with Gasteiger partial charge < -0.3 is 5.73 Å². The van der Waals surface area contributed by atoms with Gasteiger partial charge in [0, 0.05) is 11.6 Å². The Morgan fingerprint density at radius 1 is 1.14 bits per heavy atom. The van der Waals surface area contributed by atoms with E-state index < -0.39 is 6.43 Å². The number of rotatable bonds is 3. The molecule has 0 radical (unpaired) electrons. The van der Waals surface area contributed by atoms with E-state index in [2.05, 4.69) is 0 Å². The van der Waals surface area contributed by atoms with Crippen molar-refractivity contribution in [2.45, 2.75) is 26.3 Å². The molecule has 78 valence electrons. The lowest BCUT2D eigenvalue weighted by atomic mass is 9.96. The van der Waals surface area contributed by atoms with Gasteiger partial charge in [-0.3, -0.25) is 0 Å². The van der Waals surface area contributed by atoms with Gasteiger partial charge in [-0.2, -0.15) is 0 Å². The van der Waals surface area contributed by atoms with Crippen LogP contribution in [0, 0.1) is 5.92 Å². The van der Waals surface area contributed by atoms with Crippen LogP contribution in [0.1, 0.15) is 37.4 Å². The van der Waals surface area contributed by atoms with Crippen molar-refractivity contribution in [3.8, 4) is 0 Å². The van der Waals surface area contributed by atoms with E-state index in [0.717, 1.165) is 5.56 Å². The maximum Gasteiger partial charge on any atom is 0.263 e. The molecular formula is C11H15F2N. The van der Waals surface area contributed by atoms with Gasteiger partial charge in [-0.05, 0) is 17.5 Å². The van der Waals surface area contributed by atoms with Gasteiger partial charge in [0.2, 0.25) is 0 Å². The molecule has 1 nitrogen and oxygen atoms in total. The van der Waals surface area contributed by atoms with Gasteiger partial charge in [0.1, 0.15) is 0 Å². The maximum atomic E-state index is 12.4. The van der Waals surface area contributed by atoms with Gasteiger partial charge in [0.15, 0.2) is 0 Å². The minimum atomic E-state index is -2.42. The number of hydrogen-bond donors (Lipinski definition) is 1. The van der Waals surface area contributed by atoms with E-state index in [-0.39, 0.29) is 17.5 Å². The summed E-state index contributed by atoms with van der Waals surface area (Å²) < 4.78 is 24.7. The van der Waals surface area contributed by atoms with Crippen molar-refractivity contribution in [2.24, 2.45) is 11.7 Å². The second-order valence-corrected chi connectivity index (χ2v) is 3.74. The van der Waals surface area contributed by atoms with Crippen LogP contribution in [0.25, 0.3) is 0 Å². The van der Waals surface area contributed by atoms with Crippen molar-refractivity contribution in [3.05, 3.63) is 35.4 Å². The average Bonchev–Trinajstić information content (AvgIpc) is 2.16. The maximum absolute atomic E-state index is 12.4. The second-order valence-electron chi connectivity index (χ2n) is 3.74. The Morgan fingerprint density at radius 2 is 1.71 bits per heavy atom. The summed E-state index contributed by atoms with van der Waals surface area (Å²) in [6.45, 7) is 3.94. The van der Waals surface area contributed by atoms with Gasteiger partial charge in [-0.15, -0.1) is 0 Å². The minimum absolute atomic E-state index is 0.0404. The molecule has 0 aliphatic carbocycles. The molecule has 1 aromatic rings. The van der Waals surface area contributed by atoms with Gasteiger partial charge in [0.25, 0.3) is 6.43 Å². The van der Waals surface area contributed by atoms with Gasteiger partial charge in [-0.25, -0.2) is 8.78 Å². The van der Waals surface area contributed by atoms with Crippen LogP contribution >= 0.6 is 0 Å². The summed E-state index contributed by atoms with van der Waals surface area (Å²) in [5.41, 5.74) is 6.68. The van der Waals surface area contributed by atoms with Crippen molar-refractivity contribution in [1.29, 1.82) is 0 Å². The first-order chi connectivity index (χ1) is 6.52. The first-order valence-electron chi connectivity index (χ1n) is 4.66. The fourth-order valence-electron chi connectivity index (χ4n) is 1.29. The van der Waals surface area contributed by atoms with Crippen LogP contribution in [-0.2, 0) is 0 Å². The summed E-state index contributed by atoms with van der Waals surface area (Å²) in [7, 11) is 0. The molecule has 0 saturated heterocycles. The average molecular weight is 199 g/mol. The smallest absolute Gasteiger partial charge is 0.263 e. The Balaban J connectivity index is 2.93. The van der Waals surface area contributed by atoms with Crippen LogP contribution in [0.5, 0.6) is 0 Å². The molecule has 0 saturated carbocycles. The largest absolute Gasteiger partial charge is 0.324 e. The molecule has 0 amide bonds. The summed E-state index contributed by atoms with van der Waals surface area (Å²) in [4.78, 5) is 0. The van der Waals surface area contributed by atoms with Crippen LogP contribution in [0.3, 0.4) is 0 Å². The highest BCUT2D eigenvalue weighted by molar-refractivity contribution is 5.26. The first kappa shape index (κ1) is 11.1. The Morgan fingerprint density at radius 3 is 2.21 bits per heavy atom. The minimum Gasteiger partial charge on any atom is -0.324 e. The van der Waals surface area contributed by atoms with E-state index in [1.165, 1.54) is 12.1 Å². The van der Waals surface area contributed by atoms with Gasteiger partial charge >= 0.3 is 0 Å². The fourth-order valence-corrected chi connectivity index (χ4v) is 1.29. The van der Waals surface area contributed by atoms with Crippen LogP contribution in [-0.4, -0.2) is 0 Å². The third-order valence-electron chi connectivity index (χ3n) is 2.27. The molecule has 1 atom stereocenters. The zero-order valence-electron chi connectivity index (χ0n) is 8.37. The van der Waals surface area contributed by atoms with Gasteiger partial charge in [-0.1, -0.05) is 32.0 Å². The fraction of sp³-hybridized carbons (Fsp3) is 0.455. The predicted octanol–water partition coefficient (Wildman–Crippen LogP) is 3.28. The SMILES string of the molecule is CC(C)C(N)c1cccc(C(F)F)c1. The highest BCUT2D eigenvalue weighted by atomic mass is 19.3. The summed E-state index contributed by atoms with van der Waals surface area (Å²) in [5.74, 6) is 0.253. The van der Waals surface area contributed by atoms with Gasteiger partial charge in [0.05, 0.1) is 0 Å². The normalized spacial score (nSPS) is 13.6. The van der Waals surface area contributed by atoms with Crippen LogP contribution in [0.4, 0.5) is 8.78 Å². The zero-order chi connectivity index (χ0) is 10.7. The van der Waals surface area contributed by atoms with E-state index in [1.54, 1.807) is 12.1 Å². The van der Waals surface area contributed by atoms with Crippen molar-refractivity contribution < 1.29 is 8.78 Å². The first-order valence-corrected chi connectivity index (χ1v) is 4.66. The van der Waals surface area contributed by atoms with E-state index in [0.29, 0.717) is 0 Å². The molecule has 0 fully saturated rings. The monoisotopic (exact) mass is 199 g/mol. The lowest BCUT2D eigenvalue weighted by Gasteiger charge is -2.16. The molecule has 3 heteroatoms. The molecule has 0 aliphatic rings. The summed E-state index contributed by atoms with van der Waals surface area (Å²) in [6, 6.07) is 6.14. The lowest BCUT2D eigenvalue weighted by molar-refractivity contribution is 0.151. The number of benzene rings is 1. The lowest BCUT2D eigenvalue weighted by Crippen LogP contribution is -2.16. The predicted molar refractivity (Wildman–Crippen MR) is 53.2 cm³/mol. The summed E-state index contributed by atoms with van der Waals surface area (Å²) >= 11 is 0. The molecule has 0 spiro atoms. The molecular weight excluding hydrogens is 184 g/mol. The highest BCUT2D eigenvalue weighted by Crippen LogP contribution is 2.24. The molecule has 1 unspecified atom stereocenters. The van der Waals surface area contributed by atoms with Crippen molar-refractivity contribution in [2.75, 3.05) is 0 Å². The summed E-state index contributed by atoms with van der Waals surface area (Å²) in [5, 5.41) is 0. The Kier molecular flexibility index (Phi) is 3.58. The number of hydrogen-bond acceptors (Lipinski definition) is 1. The summed E-state index contributed by atoms with van der Waals surface area (Å²) in [6.07, 6.45) is -2.42. The Bertz CT molecular complexity index is 297. The standard InChI is InChI=1S/C11H15F2N/c1-7(2)10(14)8-4-3-5-9(6-8)11(12)13/h3-7,10-11H,14H2,1-2H3. The zero-order valence-corrected chi connectivity index (χ0v) is 8.37. The number of alkyl halides is 2. The third kappa shape index (κ3) is 2.51. The molecule has 1 aromatic carbocycles. The van der Waals surface area contributed by atoms with Crippen molar-refractivity contribution >= 4 is 0 Å². The highest BCUT2D eigenvalue weighted by Gasteiger charge is 2.13. The number of halogens is 2. The van der Waals surface area contributed by atoms with E-state index >= 15 is 0 Å². The Labute approximate surface area is 82.9 Å². The Hall–Kier alpha value is -0.960. The topological polar surface area (TPSA) is 26.0 Å². The molecule has 0 bridgehead atoms. The quantitative estimate of drug-likeness (QED) is 0.794.